The predicted molar refractivity (Wildman–Crippen MR) is 90.3 cm³/mol. The van der Waals surface area contributed by atoms with Gasteiger partial charge < -0.3 is 15.5 Å². The first kappa shape index (κ1) is 16.0. The number of anilines is 2. The third-order valence-electron chi connectivity index (χ3n) is 3.93. The van der Waals surface area contributed by atoms with E-state index in [1.807, 2.05) is 18.2 Å². The lowest BCUT2D eigenvalue weighted by Gasteiger charge is -2.17. The van der Waals surface area contributed by atoms with Gasteiger partial charge in [0.2, 0.25) is 5.91 Å². The van der Waals surface area contributed by atoms with E-state index in [0.29, 0.717) is 30.9 Å². The Hall–Kier alpha value is -2.89. The standard InChI is InChI=1S/C18H18FN3O2/c19-14-6-8-16(9-7-14)22-12-13(10-17(22)23)11-20-18(24)21-15-4-2-1-3-5-15/h1-9,13H,10-12H2,(H2,20,21,24)/t13-/m0/s1. The zero-order valence-electron chi connectivity index (χ0n) is 13.0. The molecule has 1 fully saturated rings. The van der Waals surface area contributed by atoms with Crippen LogP contribution in [0.1, 0.15) is 6.42 Å². The SMILES string of the molecule is O=C(NC[C@@H]1CC(=O)N(c2ccc(F)cc2)C1)Nc1ccccc1. The van der Waals surface area contributed by atoms with Crippen LogP contribution in [0.5, 0.6) is 0 Å². The Morgan fingerprint density at radius 1 is 1.12 bits per heavy atom. The molecule has 1 saturated heterocycles. The summed E-state index contributed by atoms with van der Waals surface area (Å²) < 4.78 is 13.0. The van der Waals surface area contributed by atoms with Crippen LogP contribution >= 0.6 is 0 Å². The van der Waals surface area contributed by atoms with Crippen molar-refractivity contribution in [2.75, 3.05) is 23.3 Å². The fourth-order valence-corrected chi connectivity index (χ4v) is 2.72. The zero-order chi connectivity index (χ0) is 16.9. The van der Waals surface area contributed by atoms with E-state index in [-0.39, 0.29) is 23.7 Å². The number of nitrogens with zero attached hydrogens (tertiary/aromatic N) is 1. The van der Waals surface area contributed by atoms with Crippen molar-refractivity contribution in [1.29, 1.82) is 0 Å². The molecule has 0 radical (unpaired) electrons. The van der Waals surface area contributed by atoms with Gasteiger partial charge in [-0.2, -0.15) is 0 Å². The number of carbonyl (C=O) groups is 2. The fraction of sp³-hybridized carbons (Fsp3) is 0.222. The molecule has 5 nitrogen and oxygen atoms in total. The number of halogens is 1. The van der Waals surface area contributed by atoms with Crippen molar-refractivity contribution >= 4 is 23.3 Å². The number of hydrogen-bond acceptors (Lipinski definition) is 2. The molecule has 1 aliphatic rings. The zero-order valence-corrected chi connectivity index (χ0v) is 13.0. The Bertz CT molecular complexity index is 719. The Balaban J connectivity index is 1.51. The largest absolute Gasteiger partial charge is 0.338 e. The molecule has 0 aromatic heterocycles. The number of amides is 3. The number of carbonyl (C=O) groups excluding carboxylic acids is 2. The summed E-state index contributed by atoms with van der Waals surface area (Å²) in [5, 5.41) is 5.52. The topological polar surface area (TPSA) is 61.4 Å². The highest BCUT2D eigenvalue weighted by atomic mass is 19.1. The normalized spacial score (nSPS) is 17.0. The molecule has 1 atom stereocenters. The van der Waals surface area contributed by atoms with E-state index in [1.165, 1.54) is 12.1 Å². The highest BCUT2D eigenvalue weighted by Crippen LogP contribution is 2.24. The number of benzene rings is 2. The van der Waals surface area contributed by atoms with Gasteiger partial charge in [0.1, 0.15) is 5.82 Å². The van der Waals surface area contributed by atoms with Crippen LogP contribution in [0, 0.1) is 11.7 Å². The van der Waals surface area contributed by atoms with Gasteiger partial charge in [-0.15, -0.1) is 0 Å². The van der Waals surface area contributed by atoms with Gasteiger partial charge in [-0.25, -0.2) is 9.18 Å². The van der Waals surface area contributed by atoms with Crippen LogP contribution in [0.2, 0.25) is 0 Å². The van der Waals surface area contributed by atoms with Crippen LogP contribution in [0.15, 0.2) is 54.6 Å². The van der Waals surface area contributed by atoms with Gasteiger partial charge in [-0.05, 0) is 36.4 Å². The molecular weight excluding hydrogens is 309 g/mol. The predicted octanol–water partition coefficient (Wildman–Crippen LogP) is 3.00. The van der Waals surface area contributed by atoms with E-state index in [9.17, 15) is 14.0 Å². The Labute approximate surface area is 139 Å². The maximum absolute atomic E-state index is 13.0. The van der Waals surface area contributed by atoms with Crippen LogP contribution in [-0.2, 0) is 4.79 Å². The highest BCUT2D eigenvalue weighted by Gasteiger charge is 2.30. The summed E-state index contributed by atoms with van der Waals surface area (Å²) in [6.07, 6.45) is 0.364. The first-order valence-corrected chi connectivity index (χ1v) is 7.77. The lowest BCUT2D eigenvalue weighted by molar-refractivity contribution is -0.117. The molecule has 1 heterocycles. The minimum absolute atomic E-state index is 0.0168. The molecule has 2 aromatic rings. The third kappa shape index (κ3) is 3.90. The van der Waals surface area contributed by atoms with Gasteiger partial charge in [0, 0.05) is 36.8 Å². The van der Waals surface area contributed by atoms with Gasteiger partial charge in [0.05, 0.1) is 0 Å². The van der Waals surface area contributed by atoms with Crippen LogP contribution < -0.4 is 15.5 Å². The molecule has 0 aliphatic carbocycles. The summed E-state index contributed by atoms with van der Waals surface area (Å²) in [4.78, 5) is 25.6. The van der Waals surface area contributed by atoms with Crippen LogP contribution in [0.3, 0.4) is 0 Å². The van der Waals surface area contributed by atoms with Crippen LogP contribution in [-0.4, -0.2) is 25.0 Å². The van der Waals surface area contributed by atoms with Crippen molar-refractivity contribution < 1.29 is 14.0 Å². The van der Waals surface area contributed by atoms with Crippen molar-refractivity contribution in [3.05, 3.63) is 60.4 Å². The van der Waals surface area contributed by atoms with Crippen molar-refractivity contribution in [3.63, 3.8) is 0 Å². The summed E-state index contributed by atoms with van der Waals surface area (Å²) in [6.45, 7) is 0.915. The molecule has 3 rings (SSSR count). The molecule has 1 aliphatic heterocycles. The van der Waals surface area contributed by atoms with E-state index < -0.39 is 0 Å². The van der Waals surface area contributed by atoms with Gasteiger partial charge in [-0.3, -0.25) is 4.79 Å². The van der Waals surface area contributed by atoms with E-state index >= 15 is 0 Å². The van der Waals surface area contributed by atoms with Crippen molar-refractivity contribution in [2.24, 2.45) is 5.92 Å². The fourth-order valence-electron chi connectivity index (χ4n) is 2.72. The van der Waals surface area contributed by atoms with Crippen LogP contribution in [0.25, 0.3) is 0 Å². The number of urea groups is 1. The van der Waals surface area contributed by atoms with E-state index in [4.69, 9.17) is 0 Å². The van der Waals surface area contributed by atoms with E-state index in [0.717, 1.165) is 0 Å². The molecule has 3 amide bonds. The van der Waals surface area contributed by atoms with Crippen molar-refractivity contribution in [2.45, 2.75) is 6.42 Å². The molecule has 0 bridgehead atoms. The average molecular weight is 327 g/mol. The average Bonchev–Trinajstić information content (AvgIpc) is 2.95. The third-order valence-corrected chi connectivity index (χ3v) is 3.93. The Kier molecular flexibility index (Phi) is 4.74. The molecule has 6 heteroatoms. The first-order valence-electron chi connectivity index (χ1n) is 7.77. The lowest BCUT2D eigenvalue weighted by Crippen LogP contribution is -2.34. The monoisotopic (exact) mass is 327 g/mol. The van der Waals surface area contributed by atoms with E-state index in [1.54, 1.807) is 29.2 Å². The number of rotatable bonds is 4. The highest BCUT2D eigenvalue weighted by molar-refractivity contribution is 5.96. The van der Waals surface area contributed by atoms with Gasteiger partial charge in [0.25, 0.3) is 0 Å². The van der Waals surface area contributed by atoms with Crippen molar-refractivity contribution in [3.8, 4) is 0 Å². The second kappa shape index (κ2) is 7.12. The molecule has 2 N–H and O–H groups in total. The summed E-state index contributed by atoms with van der Waals surface area (Å²) in [5.74, 6) is -0.317. The molecule has 0 unspecified atom stereocenters. The summed E-state index contributed by atoms with van der Waals surface area (Å²) in [6, 6.07) is 14.7. The summed E-state index contributed by atoms with van der Waals surface area (Å²) in [7, 11) is 0. The van der Waals surface area contributed by atoms with Crippen molar-refractivity contribution in [1.82, 2.24) is 5.32 Å². The summed E-state index contributed by atoms with van der Waals surface area (Å²) in [5.41, 5.74) is 1.39. The molecule has 0 spiro atoms. The number of hydrogen-bond donors (Lipinski definition) is 2. The lowest BCUT2D eigenvalue weighted by atomic mass is 10.1. The molecule has 24 heavy (non-hydrogen) atoms. The molecule has 0 saturated carbocycles. The maximum Gasteiger partial charge on any atom is 0.319 e. The van der Waals surface area contributed by atoms with E-state index in [2.05, 4.69) is 10.6 Å². The smallest absolute Gasteiger partial charge is 0.319 e. The number of para-hydroxylation sites is 1. The number of nitrogens with one attached hydrogen (secondary N) is 2. The second-order valence-electron chi connectivity index (χ2n) is 5.75. The quantitative estimate of drug-likeness (QED) is 0.907. The molecular formula is C18H18FN3O2. The van der Waals surface area contributed by atoms with Crippen LogP contribution in [0.4, 0.5) is 20.6 Å². The minimum atomic E-state index is -0.332. The molecule has 2 aromatic carbocycles. The maximum atomic E-state index is 13.0. The van der Waals surface area contributed by atoms with Gasteiger partial charge in [-0.1, -0.05) is 18.2 Å². The Morgan fingerprint density at radius 2 is 1.83 bits per heavy atom. The molecule has 124 valence electrons. The second-order valence-corrected chi connectivity index (χ2v) is 5.75. The van der Waals surface area contributed by atoms with Gasteiger partial charge >= 0.3 is 6.03 Å². The minimum Gasteiger partial charge on any atom is -0.338 e. The first-order chi connectivity index (χ1) is 11.6. The van der Waals surface area contributed by atoms with Gasteiger partial charge in [0.15, 0.2) is 0 Å². The summed E-state index contributed by atoms with van der Waals surface area (Å²) >= 11 is 0. The Morgan fingerprint density at radius 3 is 2.54 bits per heavy atom.